The fourth-order valence-corrected chi connectivity index (χ4v) is 4.59. The predicted octanol–water partition coefficient (Wildman–Crippen LogP) is 2.71. The first kappa shape index (κ1) is 12.0. The minimum atomic E-state index is -0.373. The zero-order valence-corrected chi connectivity index (χ0v) is 11.6. The third-order valence-corrected chi connectivity index (χ3v) is 6.76. The molecule has 3 unspecified atom stereocenters. The molecule has 98 valence electrons. The van der Waals surface area contributed by atoms with Gasteiger partial charge in [-0.25, -0.2) is 0 Å². The summed E-state index contributed by atoms with van der Waals surface area (Å²) < 4.78 is 0. The normalized spacial score (nSPS) is 45.9. The summed E-state index contributed by atoms with van der Waals surface area (Å²) >= 11 is 0. The first-order valence-electron chi connectivity index (χ1n) is 7.33. The van der Waals surface area contributed by atoms with Crippen LogP contribution in [0.25, 0.3) is 0 Å². The predicted molar refractivity (Wildman–Crippen MR) is 69.8 cm³/mol. The van der Waals surface area contributed by atoms with Gasteiger partial charge in [0.1, 0.15) is 0 Å². The van der Waals surface area contributed by atoms with Gasteiger partial charge in [-0.15, -0.1) is 0 Å². The molecule has 0 heterocycles. The van der Waals surface area contributed by atoms with Gasteiger partial charge in [-0.05, 0) is 55.3 Å². The monoisotopic (exact) mass is 237 g/mol. The van der Waals surface area contributed by atoms with Gasteiger partial charge in [-0.1, -0.05) is 20.8 Å². The largest absolute Gasteiger partial charge is 0.389 e. The molecular weight excluding hydrogens is 210 g/mol. The van der Waals surface area contributed by atoms with Crippen LogP contribution in [0.5, 0.6) is 0 Å². The summed E-state index contributed by atoms with van der Waals surface area (Å²) in [7, 11) is 0. The van der Waals surface area contributed by atoms with Crippen LogP contribution < -0.4 is 5.32 Å². The molecule has 3 rings (SSSR count). The SMILES string of the molecule is CC1(C)C2CCC1(C)C(NCC1(O)CCC1)C2. The molecule has 2 bridgehead atoms. The van der Waals surface area contributed by atoms with Crippen LogP contribution >= 0.6 is 0 Å². The van der Waals surface area contributed by atoms with E-state index in [1.165, 1.54) is 25.7 Å². The maximum atomic E-state index is 10.2. The molecule has 3 aliphatic carbocycles. The average molecular weight is 237 g/mol. The van der Waals surface area contributed by atoms with Crippen molar-refractivity contribution in [2.24, 2.45) is 16.7 Å². The molecule has 3 saturated carbocycles. The highest BCUT2D eigenvalue weighted by Gasteiger charge is 2.61. The minimum Gasteiger partial charge on any atom is -0.389 e. The summed E-state index contributed by atoms with van der Waals surface area (Å²) in [6.07, 6.45) is 7.28. The second kappa shape index (κ2) is 3.48. The number of hydrogen-bond donors (Lipinski definition) is 2. The van der Waals surface area contributed by atoms with Gasteiger partial charge in [-0.3, -0.25) is 0 Å². The topological polar surface area (TPSA) is 32.3 Å². The van der Waals surface area contributed by atoms with E-state index >= 15 is 0 Å². The summed E-state index contributed by atoms with van der Waals surface area (Å²) in [5.41, 5.74) is 0.549. The second-order valence-electron chi connectivity index (χ2n) is 7.62. The Bertz CT molecular complexity index is 321. The molecule has 0 amide bonds. The zero-order valence-electron chi connectivity index (χ0n) is 11.6. The van der Waals surface area contributed by atoms with Gasteiger partial charge in [0.25, 0.3) is 0 Å². The molecule has 0 radical (unpaired) electrons. The van der Waals surface area contributed by atoms with E-state index in [1.807, 2.05) is 0 Å². The average Bonchev–Trinajstić information content (AvgIpc) is 2.56. The number of rotatable bonds is 3. The Kier molecular flexibility index (Phi) is 2.45. The molecular formula is C15H27NO. The van der Waals surface area contributed by atoms with E-state index in [4.69, 9.17) is 0 Å². The van der Waals surface area contributed by atoms with Gasteiger partial charge in [0, 0.05) is 12.6 Å². The van der Waals surface area contributed by atoms with E-state index in [0.717, 1.165) is 25.3 Å². The highest BCUT2D eigenvalue weighted by molar-refractivity contribution is 5.13. The lowest BCUT2D eigenvalue weighted by atomic mass is 9.69. The smallest absolute Gasteiger partial charge is 0.0771 e. The van der Waals surface area contributed by atoms with E-state index in [1.54, 1.807) is 0 Å². The van der Waals surface area contributed by atoms with Crippen molar-refractivity contribution in [2.45, 2.75) is 70.9 Å². The maximum absolute atomic E-state index is 10.2. The Morgan fingerprint density at radius 2 is 1.88 bits per heavy atom. The molecule has 2 N–H and O–H groups in total. The standard InChI is InChI=1S/C15H27NO/c1-13(2)11-5-8-14(13,3)12(9-11)16-10-15(17)6-4-7-15/h11-12,16-17H,4-10H2,1-3H3. The second-order valence-corrected chi connectivity index (χ2v) is 7.62. The van der Waals surface area contributed by atoms with Crippen molar-refractivity contribution in [1.82, 2.24) is 5.32 Å². The van der Waals surface area contributed by atoms with Gasteiger partial charge in [0.05, 0.1) is 5.60 Å². The zero-order chi connectivity index (χ0) is 12.3. The molecule has 0 aromatic carbocycles. The van der Waals surface area contributed by atoms with Crippen LogP contribution in [0.15, 0.2) is 0 Å². The van der Waals surface area contributed by atoms with E-state index in [-0.39, 0.29) is 5.60 Å². The molecule has 2 nitrogen and oxygen atoms in total. The molecule has 3 aliphatic rings. The molecule has 2 heteroatoms. The lowest BCUT2D eigenvalue weighted by Gasteiger charge is -2.43. The molecule has 3 atom stereocenters. The van der Waals surface area contributed by atoms with Crippen LogP contribution in [-0.4, -0.2) is 23.3 Å². The minimum absolute atomic E-state index is 0.373. The van der Waals surface area contributed by atoms with Crippen LogP contribution in [0.1, 0.15) is 59.3 Å². The molecule has 0 saturated heterocycles. The Labute approximate surface area is 105 Å². The first-order chi connectivity index (χ1) is 7.87. The number of hydrogen-bond acceptors (Lipinski definition) is 2. The lowest BCUT2D eigenvalue weighted by Crippen LogP contribution is -2.53. The van der Waals surface area contributed by atoms with E-state index in [0.29, 0.717) is 16.9 Å². The Morgan fingerprint density at radius 1 is 1.18 bits per heavy atom. The van der Waals surface area contributed by atoms with Crippen molar-refractivity contribution in [3.63, 3.8) is 0 Å². The van der Waals surface area contributed by atoms with Crippen molar-refractivity contribution in [3.8, 4) is 0 Å². The fraction of sp³-hybridized carbons (Fsp3) is 1.00. The molecule has 0 aromatic heterocycles. The quantitative estimate of drug-likeness (QED) is 0.791. The van der Waals surface area contributed by atoms with E-state index in [2.05, 4.69) is 26.1 Å². The first-order valence-corrected chi connectivity index (χ1v) is 7.33. The highest BCUT2D eigenvalue weighted by Crippen LogP contribution is 2.65. The number of nitrogens with one attached hydrogen (secondary N) is 1. The molecule has 17 heavy (non-hydrogen) atoms. The van der Waals surface area contributed by atoms with Crippen LogP contribution in [0, 0.1) is 16.7 Å². The summed E-state index contributed by atoms with van der Waals surface area (Å²) in [5, 5.41) is 13.9. The fourth-order valence-electron chi connectivity index (χ4n) is 4.59. The van der Waals surface area contributed by atoms with Crippen molar-refractivity contribution in [1.29, 1.82) is 0 Å². The van der Waals surface area contributed by atoms with Crippen LogP contribution in [-0.2, 0) is 0 Å². The van der Waals surface area contributed by atoms with E-state index < -0.39 is 0 Å². The number of fused-ring (bicyclic) bond motifs is 2. The van der Waals surface area contributed by atoms with E-state index in [9.17, 15) is 5.11 Å². The third-order valence-electron chi connectivity index (χ3n) is 6.76. The molecule has 0 aliphatic heterocycles. The molecule has 0 aromatic rings. The summed E-state index contributed by atoms with van der Waals surface area (Å²) in [5.74, 6) is 0.890. The number of aliphatic hydroxyl groups is 1. The Hall–Kier alpha value is -0.0800. The van der Waals surface area contributed by atoms with Gasteiger partial charge in [0.2, 0.25) is 0 Å². The Morgan fingerprint density at radius 3 is 2.29 bits per heavy atom. The van der Waals surface area contributed by atoms with Crippen molar-refractivity contribution in [3.05, 3.63) is 0 Å². The van der Waals surface area contributed by atoms with Gasteiger partial charge in [-0.2, -0.15) is 0 Å². The third kappa shape index (κ3) is 1.53. The summed E-state index contributed by atoms with van der Waals surface area (Å²) in [4.78, 5) is 0. The van der Waals surface area contributed by atoms with Gasteiger partial charge >= 0.3 is 0 Å². The van der Waals surface area contributed by atoms with Gasteiger partial charge < -0.3 is 10.4 Å². The molecule has 3 fully saturated rings. The summed E-state index contributed by atoms with van der Waals surface area (Å²) in [6, 6.07) is 0.626. The Balaban J connectivity index is 1.66. The lowest BCUT2D eigenvalue weighted by molar-refractivity contribution is -0.0375. The van der Waals surface area contributed by atoms with Gasteiger partial charge in [0.15, 0.2) is 0 Å². The van der Waals surface area contributed by atoms with Crippen molar-refractivity contribution < 1.29 is 5.11 Å². The molecule has 0 spiro atoms. The van der Waals surface area contributed by atoms with Crippen molar-refractivity contribution in [2.75, 3.05) is 6.54 Å². The highest BCUT2D eigenvalue weighted by atomic mass is 16.3. The van der Waals surface area contributed by atoms with Crippen LogP contribution in [0.4, 0.5) is 0 Å². The van der Waals surface area contributed by atoms with Crippen LogP contribution in [0.2, 0.25) is 0 Å². The summed E-state index contributed by atoms with van der Waals surface area (Å²) in [6.45, 7) is 8.17. The van der Waals surface area contributed by atoms with Crippen LogP contribution in [0.3, 0.4) is 0 Å². The van der Waals surface area contributed by atoms with Crippen molar-refractivity contribution >= 4 is 0 Å². The maximum Gasteiger partial charge on any atom is 0.0771 e.